The van der Waals surface area contributed by atoms with E-state index in [0.717, 1.165) is 5.56 Å². The minimum absolute atomic E-state index is 0.130. The average Bonchev–Trinajstić information content (AvgIpc) is 3.29. The number of aryl methyl sites for hydroxylation is 1. The van der Waals surface area contributed by atoms with Gasteiger partial charge in [0.05, 0.1) is 6.20 Å². The molecule has 2 heterocycles. The summed E-state index contributed by atoms with van der Waals surface area (Å²) >= 11 is 5.88. The first-order chi connectivity index (χ1) is 12.7. The van der Waals surface area contributed by atoms with E-state index in [0.29, 0.717) is 40.3 Å². The maximum atomic E-state index is 12.1. The lowest BCUT2D eigenvalue weighted by molar-refractivity contribution is -0.116. The number of oxazole rings is 1. The third-order valence-corrected chi connectivity index (χ3v) is 4.16. The second-order valence-electron chi connectivity index (χ2n) is 5.74. The first-order valence-electron chi connectivity index (χ1n) is 8.07. The number of halogens is 1. The highest BCUT2D eigenvalue weighted by Gasteiger charge is 2.14. The zero-order valence-corrected chi connectivity index (χ0v) is 14.5. The van der Waals surface area contributed by atoms with E-state index in [1.165, 1.54) is 0 Å². The van der Waals surface area contributed by atoms with E-state index in [2.05, 4.69) is 10.3 Å². The number of rotatable bonds is 5. The topological polar surface area (TPSA) is 73.6 Å². The number of nitrogens with one attached hydrogen (secondary N) is 1. The van der Waals surface area contributed by atoms with Crippen LogP contribution in [0.3, 0.4) is 0 Å². The number of nitrogens with zero attached hydrogens (tertiary/aromatic N) is 1. The molecule has 132 valence electrons. The largest absolute Gasteiger partial charge is 0.454 e. The third-order valence-electron chi connectivity index (χ3n) is 3.90. The summed E-state index contributed by atoms with van der Waals surface area (Å²) < 4.78 is 16.2. The summed E-state index contributed by atoms with van der Waals surface area (Å²) in [6.07, 6.45) is 2.31. The normalized spacial score (nSPS) is 12.2. The van der Waals surface area contributed by atoms with Gasteiger partial charge in [0.1, 0.15) is 0 Å². The molecule has 6 nitrogen and oxygen atoms in total. The number of aromatic nitrogens is 1. The Balaban J connectivity index is 1.34. The molecule has 0 fully saturated rings. The Morgan fingerprint density at radius 2 is 1.92 bits per heavy atom. The van der Waals surface area contributed by atoms with Gasteiger partial charge >= 0.3 is 0 Å². The summed E-state index contributed by atoms with van der Waals surface area (Å²) in [5.41, 5.74) is 1.55. The van der Waals surface area contributed by atoms with E-state index >= 15 is 0 Å². The number of hydrogen-bond donors (Lipinski definition) is 1. The van der Waals surface area contributed by atoms with Crippen LogP contribution in [0.1, 0.15) is 12.3 Å². The molecule has 2 aromatic carbocycles. The second kappa shape index (κ2) is 7.09. The van der Waals surface area contributed by atoms with Gasteiger partial charge in [-0.3, -0.25) is 4.79 Å². The van der Waals surface area contributed by atoms with Gasteiger partial charge in [0.25, 0.3) is 0 Å². The fourth-order valence-electron chi connectivity index (χ4n) is 2.59. The van der Waals surface area contributed by atoms with Crippen LogP contribution in [0.25, 0.3) is 11.3 Å². The van der Waals surface area contributed by atoms with Crippen molar-refractivity contribution in [1.29, 1.82) is 0 Å². The number of anilines is 1. The van der Waals surface area contributed by atoms with Crippen LogP contribution in [-0.4, -0.2) is 17.7 Å². The van der Waals surface area contributed by atoms with Gasteiger partial charge in [-0.05, 0) is 36.4 Å². The number of fused-ring (bicyclic) bond motifs is 1. The van der Waals surface area contributed by atoms with Crippen LogP contribution >= 0.6 is 11.6 Å². The number of hydrogen-bond acceptors (Lipinski definition) is 5. The lowest BCUT2D eigenvalue weighted by Gasteiger charge is -2.05. The van der Waals surface area contributed by atoms with Gasteiger partial charge in [-0.1, -0.05) is 11.6 Å². The van der Waals surface area contributed by atoms with Crippen LogP contribution in [0.4, 0.5) is 5.69 Å². The monoisotopic (exact) mass is 370 g/mol. The Morgan fingerprint density at radius 1 is 1.12 bits per heavy atom. The van der Waals surface area contributed by atoms with Crippen molar-refractivity contribution in [3.63, 3.8) is 0 Å². The van der Waals surface area contributed by atoms with E-state index in [4.69, 9.17) is 25.5 Å². The summed E-state index contributed by atoms with van der Waals surface area (Å²) in [5.74, 6) is 2.33. The Bertz CT molecular complexity index is 937. The molecule has 3 aromatic rings. The lowest BCUT2D eigenvalue weighted by Crippen LogP contribution is -2.12. The van der Waals surface area contributed by atoms with Gasteiger partial charge in [-0.2, -0.15) is 0 Å². The van der Waals surface area contributed by atoms with Crippen LogP contribution in [0.5, 0.6) is 11.5 Å². The number of carbonyl (C=O) groups excluding carboxylic acids is 1. The van der Waals surface area contributed by atoms with Crippen molar-refractivity contribution in [2.45, 2.75) is 12.8 Å². The number of benzene rings is 2. The zero-order chi connectivity index (χ0) is 17.9. The highest BCUT2D eigenvalue weighted by molar-refractivity contribution is 6.30. The van der Waals surface area contributed by atoms with E-state index in [-0.39, 0.29) is 19.1 Å². The van der Waals surface area contributed by atoms with Crippen LogP contribution in [-0.2, 0) is 11.2 Å². The van der Waals surface area contributed by atoms with Gasteiger partial charge in [0, 0.05) is 35.2 Å². The molecule has 1 amide bonds. The molecule has 0 saturated heterocycles. The van der Waals surface area contributed by atoms with E-state index in [9.17, 15) is 4.79 Å². The van der Waals surface area contributed by atoms with Crippen LogP contribution in [0.2, 0.25) is 5.02 Å². The van der Waals surface area contributed by atoms with Gasteiger partial charge < -0.3 is 19.2 Å². The first kappa shape index (κ1) is 16.5. The molecule has 0 radical (unpaired) electrons. The smallest absolute Gasteiger partial charge is 0.231 e. The lowest BCUT2D eigenvalue weighted by atomic mass is 10.2. The van der Waals surface area contributed by atoms with Crippen molar-refractivity contribution in [3.8, 4) is 22.8 Å². The highest BCUT2D eigenvalue weighted by atomic mass is 35.5. The third kappa shape index (κ3) is 3.65. The first-order valence-corrected chi connectivity index (χ1v) is 8.45. The molecule has 0 bridgehead atoms. The van der Waals surface area contributed by atoms with E-state index in [1.54, 1.807) is 36.5 Å². The predicted octanol–water partition coefficient (Wildman–Crippen LogP) is 4.30. The number of amides is 1. The summed E-state index contributed by atoms with van der Waals surface area (Å²) in [5, 5.41) is 3.49. The van der Waals surface area contributed by atoms with Gasteiger partial charge in [-0.15, -0.1) is 0 Å². The Hall–Kier alpha value is -2.99. The molecule has 0 unspecified atom stereocenters. The minimum Gasteiger partial charge on any atom is -0.454 e. The predicted molar refractivity (Wildman–Crippen MR) is 96.5 cm³/mol. The fourth-order valence-corrected chi connectivity index (χ4v) is 2.72. The molecule has 4 rings (SSSR count). The molecule has 1 aromatic heterocycles. The van der Waals surface area contributed by atoms with E-state index < -0.39 is 0 Å². The van der Waals surface area contributed by atoms with Crippen molar-refractivity contribution in [3.05, 3.63) is 59.6 Å². The van der Waals surface area contributed by atoms with Crippen molar-refractivity contribution >= 4 is 23.2 Å². The highest BCUT2D eigenvalue weighted by Crippen LogP contribution is 2.34. The number of ether oxygens (including phenoxy) is 2. The van der Waals surface area contributed by atoms with Gasteiger partial charge in [0.2, 0.25) is 12.7 Å². The van der Waals surface area contributed by atoms with Crippen molar-refractivity contribution in [2.75, 3.05) is 12.1 Å². The van der Waals surface area contributed by atoms with Gasteiger partial charge in [-0.25, -0.2) is 4.98 Å². The molecule has 0 saturated carbocycles. The molecule has 26 heavy (non-hydrogen) atoms. The minimum atomic E-state index is -0.130. The number of carbonyl (C=O) groups is 1. The van der Waals surface area contributed by atoms with Crippen molar-refractivity contribution in [2.24, 2.45) is 0 Å². The molecular formula is C19H15ClN2O4. The zero-order valence-electron chi connectivity index (χ0n) is 13.7. The molecule has 0 spiro atoms. The van der Waals surface area contributed by atoms with Crippen molar-refractivity contribution in [1.82, 2.24) is 4.98 Å². The van der Waals surface area contributed by atoms with E-state index in [1.807, 2.05) is 12.1 Å². The molecule has 1 aliphatic heterocycles. The quantitative estimate of drug-likeness (QED) is 0.725. The molecule has 0 atom stereocenters. The Kier molecular flexibility index (Phi) is 4.50. The maximum absolute atomic E-state index is 12.1. The van der Waals surface area contributed by atoms with Crippen molar-refractivity contribution < 1.29 is 18.7 Å². The Labute approximate surface area is 154 Å². The molecule has 0 aliphatic carbocycles. The maximum Gasteiger partial charge on any atom is 0.231 e. The summed E-state index contributed by atoms with van der Waals surface area (Å²) in [7, 11) is 0. The molecule has 1 N–H and O–H groups in total. The Morgan fingerprint density at radius 3 is 2.77 bits per heavy atom. The SMILES string of the molecule is O=C(CCc1ncc(-c2ccc(Cl)cc2)o1)Nc1ccc2c(c1)OCO2. The summed E-state index contributed by atoms with van der Waals surface area (Å²) in [4.78, 5) is 16.4. The van der Waals surface area contributed by atoms with Crippen LogP contribution in [0, 0.1) is 0 Å². The average molecular weight is 371 g/mol. The van der Waals surface area contributed by atoms with Gasteiger partial charge in [0.15, 0.2) is 23.1 Å². The molecule has 1 aliphatic rings. The fraction of sp³-hybridized carbons (Fsp3) is 0.158. The van der Waals surface area contributed by atoms with Crippen LogP contribution in [0.15, 0.2) is 53.1 Å². The summed E-state index contributed by atoms with van der Waals surface area (Å²) in [6, 6.07) is 12.6. The molecule has 7 heteroatoms. The summed E-state index contributed by atoms with van der Waals surface area (Å²) in [6.45, 7) is 0.201. The molecular weight excluding hydrogens is 356 g/mol. The van der Waals surface area contributed by atoms with Crippen LogP contribution < -0.4 is 14.8 Å². The second-order valence-corrected chi connectivity index (χ2v) is 6.18. The standard InChI is InChI=1S/C19H15ClN2O4/c20-13-3-1-12(2-4-13)17-10-21-19(26-17)8-7-18(23)22-14-5-6-15-16(9-14)25-11-24-15/h1-6,9-10H,7-8,11H2,(H,22,23).